The van der Waals surface area contributed by atoms with Crippen LogP contribution in [0.5, 0.6) is 11.5 Å². The van der Waals surface area contributed by atoms with Crippen LogP contribution in [0, 0.1) is 0 Å². The number of methoxy groups -OCH3 is 1. The molecule has 7 nitrogen and oxygen atoms in total. The second kappa shape index (κ2) is 9.82. The normalized spacial score (nSPS) is 16.1. The fraction of sp³-hybridized carbons (Fsp3) is 0.0435. The molecule has 0 bridgehead atoms. The smallest absolute Gasteiger partial charge is 0.339 e. The number of halogens is 1. The maximum atomic E-state index is 12.7. The number of amidine groups is 1. The molecule has 1 heterocycles. The number of nitrogens with zero attached hydrogens (tertiary/aromatic N) is 1. The summed E-state index contributed by atoms with van der Waals surface area (Å²) in [7, 11) is -2.46. The van der Waals surface area contributed by atoms with Crippen molar-refractivity contribution in [1.29, 1.82) is 0 Å². The van der Waals surface area contributed by atoms with Crippen LogP contribution in [0.3, 0.4) is 0 Å². The van der Waals surface area contributed by atoms with Gasteiger partial charge in [0.2, 0.25) is 0 Å². The lowest BCUT2D eigenvalue weighted by Gasteiger charge is -2.10. The van der Waals surface area contributed by atoms with Crippen LogP contribution in [0.2, 0.25) is 0 Å². The van der Waals surface area contributed by atoms with Crippen LogP contribution in [0.25, 0.3) is 6.08 Å². The van der Waals surface area contributed by atoms with Crippen LogP contribution in [0.1, 0.15) is 5.56 Å². The summed E-state index contributed by atoms with van der Waals surface area (Å²) in [6, 6.07) is 19.8. The Kier molecular flexibility index (Phi) is 6.87. The summed E-state index contributed by atoms with van der Waals surface area (Å²) in [5.41, 5.74) is 1.08. The molecule has 0 aliphatic carbocycles. The first-order valence-electron chi connectivity index (χ1n) is 9.57. The molecule has 1 fully saturated rings. The van der Waals surface area contributed by atoms with Crippen molar-refractivity contribution in [3.05, 3.63) is 87.7 Å². The summed E-state index contributed by atoms with van der Waals surface area (Å²) < 4.78 is 36.6. The molecule has 1 aliphatic rings. The van der Waals surface area contributed by atoms with Gasteiger partial charge in [0.1, 0.15) is 16.4 Å². The van der Waals surface area contributed by atoms with Gasteiger partial charge < -0.3 is 14.2 Å². The Morgan fingerprint density at radius 2 is 1.76 bits per heavy atom. The van der Waals surface area contributed by atoms with E-state index in [2.05, 4.69) is 26.2 Å². The number of ether oxygens (including phenoxy) is 1. The summed E-state index contributed by atoms with van der Waals surface area (Å²) in [5.74, 6) is 0.461. The number of amides is 1. The van der Waals surface area contributed by atoms with Gasteiger partial charge in [0.15, 0.2) is 5.17 Å². The third kappa shape index (κ3) is 5.65. The number of carbonyl (C=O) groups is 1. The highest BCUT2D eigenvalue weighted by Gasteiger charge is 2.25. The van der Waals surface area contributed by atoms with Crippen molar-refractivity contribution in [3.8, 4) is 11.5 Å². The maximum absolute atomic E-state index is 12.7. The zero-order valence-electron chi connectivity index (χ0n) is 17.2. The lowest BCUT2D eigenvalue weighted by atomic mass is 10.2. The van der Waals surface area contributed by atoms with Gasteiger partial charge in [-0.3, -0.25) is 4.79 Å². The van der Waals surface area contributed by atoms with Crippen molar-refractivity contribution in [2.45, 2.75) is 4.90 Å². The fourth-order valence-corrected chi connectivity index (χ4v) is 5.04. The second-order valence-electron chi connectivity index (χ2n) is 6.71. The molecule has 0 aromatic heterocycles. The van der Waals surface area contributed by atoms with Crippen LogP contribution >= 0.6 is 27.7 Å². The van der Waals surface area contributed by atoms with Crippen molar-refractivity contribution in [1.82, 2.24) is 5.32 Å². The zero-order valence-corrected chi connectivity index (χ0v) is 20.4. The Bertz CT molecular complexity index is 1360. The lowest BCUT2D eigenvalue weighted by molar-refractivity contribution is -0.115. The average Bonchev–Trinajstić information content (AvgIpc) is 3.15. The predicted octanol–water partition coefficient (Wildman–Crippen LogP) is 5.12. The number of nitrogens with one attached hydrogen (secondary N) is 1. The number of rotatable bonds is 6. The molecule has 3 aromatic rings. The van der Waals surface area contributed by atoms with E-state index in [4.69, 9.17) is 8.92 Å². The first-order chi connectivity index (χ1) is 15.8. The third-order valence-corrected chi connectivity index (χ3v) is 7.10. The molecule has 168 valence electrons. The molecule has 0 spiro atoms. The molecule has 33 heavy (non-hydrogen) atoms. The Labute approximate surface area is 203 Å². The largest absolute Gasteiger partial charge is 0.497 e. The van der Waals surface area contributed by atoms with Crippen LogP contribution in [0.4, 0.5) is 5.69 Å². The van der Waals surface area contributed by atoms with Crippen LogP contribution < -0.4 is 14.2 Å². The second-order valence-corrected chi connectivity index (χ2v) is 10.2. The summed E-state index contributed by atoms with van der Waals surface area (Å²) >= 11 is 4.52. The summed E-state index contributed by atoms with van der Waals surface area (Å²) in [6.07, 6.45) is 1.57. The molecule has 4 rings (SSSR count). The maximum Gasteiger partial charge on any atom is 0.339 e. The van der Waals surface area contributed by atoms with E-state index < -0.39 is 10.1 Å². The molecule has 0 atom stereocenters. The van der Waals surface area contributed by atoms with E-state index in [0.29, 0.717) is 31.5 Å². The Morgan fingerprint density at radius 3 is 2.45 bits per heavy atom. The van der Waals surface area contributed by atoms with Gasteiger partial charge in [-0.05, 0) is 72.4 Å². The summed E-state index contributed by atoms with van der Waals surface area (Å²) in [5, 5.41) is 3.12. The Hall–Kier alpha value is -3.08. The highest BCUT2D eigenvalue weighted by atomic mass is 79.9. The van der Waals surface area contributed by atoms with E-state index in [1.54, 1.807) is 67.8 Å². The van der Waals surface area contributed by atoms with Gasteiger partial charge in [-0.2, -0.15) is 8.42 Å². The van der Waals surface area contributed by atoms with E-state index in [1.807, 2.05) is 0 Å². The Morgan fingerprint density at radius 1 is 1.03 bits per heavy atom. The topological polar surface area (TPSA) is 94.1 Å². The number of hydrogen-bond acceptors (Lipinski definition) is 7. The molecule has 1 aliphatic heterocycles. The number of thioether (sulfide) groups is 1. The van der Waals surface area contributed by atoms with Crippen molar-refractivity contribution in [2.75, 3.05) is 7.11 Å². The van der Waals surface area contributed by atoms with E-state index in [1.165, 1.54) is 18.2 Å². The molecular weight excluding hydrogens is 528 g/mol. The van der Waals surface area contributed by atoms with Gasteiger partial charge in [0.25, 0.3) is 5.91 Å². The quantitative estimate of drug-likeness (QED) is 0.342. The minimum atomic E-state index is -4.04. The van der Waals surface area contributed by atoms with E-state index in [-0.39, 0.29) is 16.6 Å². The van der Waals surface area contributed by atoms with Crippen LogP contribution in [0.15, 0.2) is 92.1 Å². The van der Waals surface area contributed by atoms with Gasteiger partial charge in [-0.15, -0.1) is 0 Å². The Balaban J connectivity index is 1.61. The van der Waals surface area contributed by atoms with Gasteiger partial charge in [-0.1, -0.05) is 34.1 Å². The fourth-order valence-electron chi connectivity index (χ4n) is 2.86. The van der Waals surface area contributed by atoms with Gasteiger partial charge in [0, 0.05) is 10.0 Å². The van der Waals surface area contributed by atoms with Crippen molar-refractivity contribution >= 4 is 60.6 Å². The van der Waals surface area contributed by atoms with Gasteiger partial charge in [0.05, 0.1) is 17.7 Å². The first kappa shape index (κ1) is 23.1. The monoisotopic (exact) mass is 544 g/mol. The first-order valence-corrected chi connectivity index (χ1v) is 12.6. The standard InChI is InChI=1S/C23H17BrN2O5S2/c1-30-18-10-8-17(9-11-18)25-23-26-22(27)21(32-23)14-15-13-16(24)7-12-20(15)31-33(28,29)19-5-3-2-4-6-19/h2-14H,1H3,(H,25,26,27)/b21-14-. The number of aliphatic imine (C=N–C) groups is 1. The van der Waals surface area contributed by atoms with E-state index >= 15 is 0 Å². The van der Waals surface area contributed by atoms with E-state index in [9.17, 15) is 13.2 Å². The third-order valence-electron chi connectivity index (χ3n) is 4.44. The summed E-state index contributed by atoms with van der Waals surface area (Å²) in [4.78, 5) is 17.3. The minimum Gasteiger partial charge on any atom is -0.497 e. The average molecular weight is 545 g/mol. The van der Waals surface area contributed by atoms with Crippen molar-refractivity contribution in [2.24, 2.45) is 4.99 Å². The van der Waals surface area contributed by atoms with Crippen molar-refractivity contribution in [3.63, 3.8) is 0 Å². The lowest BCUT2D eigenvalue weighted by Crippen LogP contribution is -2.19. The van der Waals surface area contributed by atoms with Gasteiger partial charge >= 0.3 is 10.1 Å². The predicted molar refractivity (Wildman–Crippen MR) is 132 cm³/mol. The SMILES string of the molecule is COc1ccc(N=C2NC(=O)/C(=C/c3cc(Br)ccc3OS(=O)(=O)c3ccccc3)S2)cc1. The van der Waals surface area contributed by atoms with Crippen molar-refractivity contribution < 1.29 is 22.1 Å². The van der Waals surface area contributed by atoms with Gasteiger partial charge in [-0.25, -0.2) is 4.99 Å². The van der Waals surface area contributed by atoms with Crippen LogP contribution in [-0.4, -0.2) is 26.6 Å². The number of benzene rings is 3. The molecule has 1 saturated heterocycles. The molecule has 3 aromatic carbocycles. The van der Waals surface area contributed by atoms with E-state index in [0.717, 1.165) is 11.8 Å². The molecule has 1 N–H and O–H groups in total. The molecule has 0 saturated carbocycles. The van der Waals surface area contributed by atoms with Crippen LogP contribution in [-0.2, 0) is 14.9 Å². The highest BCUT2D eigenvalue weighted by Crippen LogP contribution is 2.33. The molecule has 10 heteroatoms. The summed E-state index contributed by atoms with van der Waals surface area (Å²) in [6.45, 7) is 0. The number of hydrogen-bond donors (Lipinski definition) is 1. The highest BCUT2D eigenvalue weighted by molar-refractivity contribution is 9.10. The molecular formula is C23H17BrN2O5S2. The molecule has 0 unspecified atom stereocenters. The minimum absolute atomic E-state index is 0.0356. The number of carbonyl (C=O) groups excluding carboxylic acids is 1. The molecule has 1 amide bonds. The molecule has 0 radical (unpaired) electrons. The zero-order chi connectivity index (χ0) is 23.4.